The summed E-state index contributed by atoms with van der Waals surface area (Å²) in [5.41, 5.74) is 1.31. The van der Waals surface area contributed by atoms with Gasteiger partial charge in [-0.1, -0.05) is 18.9 Å². The second-order valence-electron chi connectivity index (χ2n) is 6.67. The quantitative estimate of drug-likeness (QED) is 0.779. The normalized spacial score (nSPS) is 19.9. The zero-order valence-corrected chi connectivity index (χ0v) is 15.8. The predicted octanol–water partition coefficient (Wildman–Crippen LogP) is 3.58. The van der Waals surface area contributed by atoms with Crippen LogP contribution in [0.2, 0.25) is 0 Å². The average molecular weight is 355 g/mol. The molecule has 24 heavy (non-hydrogen) atoms. The lowest BCUT2D eigenvalue weighted by molar-refractivity contribution is 0.0936. The summed E-state index contributed by atoms with van der Waals surface area (Å²) in [6.45, 7) is 8.47. The van der Waals surface area contributed by atoms with Crippen LogP contribution in [0.1, 0.15) is 38.2 Å². The van der Waals surface area contributed by atoms with E-state index in [1.54, 1.807) is 7.11 Å². The number of benzene rings is 1. The van der Waals surface area contributed by atoms with Gasteiger partial charge in [-0.25, -0.2) is 0 Å². The van der Waals surface area contributed by atoms with Crippen LogP contribution in [0.15, 0.2) is 18.2 Å². The minimum atomic E-state index is 0. The maximum atomic E-state index is 5.69. The molecule has 0 aromatic heterocycles. The molecule has 1 aliphatic carbocycles. The molecule has 3 rings (SSSR count). The summed E-state index contributed by atoms with van der Waals surface area (Å²) in [5, 5.41) is 0. The van der Waals surface area contributed by atoms with Crippen LogP contribution in [-0.2, 0) is 6.54 Å². The van der Waals surface area contributed by atoms with E-state index in [1.165, 1.54) is 57.4 Å². The molecular formula is C19H31ClN2O2. The number of piperazine rings is 1. The Balaban J connectivity index is 0.00000208. The van der Waals surface area contributed by atoms with Crippen molar-refractivity contribution in [2.24, 2.45) is 0 Å². The van der Waals surface area contributed by atoms with Crippen LogP contribution in [0.25, 0.3) is 0 Å². The number of methoxy groups -OCH3 is 1. The van der Waals surface area contributed by atoms with E-state index in [0.29, 0.717) is 6.61 Å². The van der Waals surface area contributed by atoms with E-state index in [4.69, 9.17) is 9.47 Å². The molecule has 0 amide bonds. The Hall–Kier alpha value is -0.970. The molecule has 0 unspecified atom stereocenters. The summed E-state index contributed by atoms with van der Waals surface area (Å²) in [6.07, 6.45) is 5.68. The van der Waals surface area contributed by atoms with Gasteiger partial charge in [0.15, 0.2) is 11.5 Å². The van der Waals surface area contributed by atoms with Crippen molar-refractivity contribution in [3.63, 3.8) is 0 Å². The highest BCUT2D eigenvalue weighted by molar-refractivity contribution is 5.85. The van der Waals surface area contributed by atoms with E-state index in [2.05, 4.69) is 21.9 Å². The van der Waals surface area contributed by atoms with Crippen molar-refractivity contribution in [2.75, 3.05) is 39.9 Å². The van der Waals surface area contributed by atoms with Crippen LogP contribution in [-0.4, -0.2) is 55.7 Å². The number of rotatable bonds is 6. The molecule has 0 N–H and O–H groups in total. The van der Waals surface area contributed by atoms with Gasteiger partial charge in [0.2, 0.25) is 0 Å². The first-order valence-electron chi connectivity index (χ1n) is 9.06. The van der Waals surface area contributed by atoms with Gasteiger partial charge >= 0.3 is 0 Å². The first kappa shape index (κ1) is 19.4. The van der Waals surface area contributed by atoms with Crippen LogP contribution in [0, 0.1) is 0 Å². The highest BCUT2D eigenvalue weighted by Gasteiger charge is 2.26. The Morgan fingerprint density at radius 3 is 2.38 bits per heavy atom. The van der Waals surface area contributed by atoms with E-state index in [9.17, 15) is 0 Å². The largest absolute Gasteiger partial charge is 0.493 e. The van der Waals surface area contributed by atoms with Crippen molar-refractivity contribution in [1.82, 2.24) is 9.80 Å². The van der Waals surface area contributed by atoms with Gasteiger partial charge in [-0.2, -0.15) is 0 Å². The van der Waals surface area contributed by atoms with Crippen molar-refractivity contribution in [1.29, 1.82) is 0 Å². The lowest BCUT2D eigenvalue weighted by Crippen LogP contribution is -2.49. The van der Waals surface area contributed by atoms with Gasteiger partial charge in [0, 0.05) is 38.8 Å². The number of hydrogen-bond acceptors (Lipinski definition) is 4. The molecule has 136 valence electrons. The van der Waals surface area contributed by atoms with Crippen LogP contribution in [0.3, 0.4) is 0 Å². The zero-order valence-electron chi connectivity index (χ0n) is 15.0. The molecule has 1 saturated carbocycles. The van der Waals surface area contributed by atoms with Gasteiger partial charge in [-0.05, 0) is 37.5 Å². The van der Waals surface area contributed by atoms with Crippen LogP contribution in [0.4, 0.5) is 0 Å². The fraction of sp³-hybridized carbons (Fsp3) is 0.684. The molecule has 5 heteroatoms. The maximum absolute atomic E-state index is 5.69. The Bertz CT molecular complexity index is 498. The van der Waals surface area contributed by atoms with Gasteiger partial charge in [-0.3, -0.25) is 9.80 Å². The standard InChI is InChI=1S/C19H30N2O2.ClH/c1-3-23-19-14-16(8-9-18(19)22-2)15-20-10-12-21(13-11-20)17-6-4-5-7-17;/h8-9,14,17H,3-7,10-13,15H2,1-2H3;1H. The number of ether oxygens (including phenoxy) is 2. The highest BCUT2D eigenvalue weighted by Crippen LogP contribution is 2.29. The fourth-order valence-electron chi connectivity index (χ4n) is 3.90. The SMILES string of the molecule is CCOc1cc(CN2CCN(C3CCCC3)CC2)ccc1OC.Cl. The fourth-order valence-corrected chi connectivity index (χ4v) is 3.90. The predicted molar refractivity (Wildman–Crippen MR) is 101 cm³/mol. The molecule has 0 atom stereocenters. The first-order chi connectivity index (χ1) is 11.3. The topological polar surface area (TPSA) is 24.9 Å². The minimum Gasteiger partial charge on any atom is -0.493 e. The molecule has 1 heterocycles. The third kappa shape index (κ3) is 4.78. The van der Waals surface area contributed by atoms with Gasteiger partial charge in [0.1, 0.15) is 0 Å². The first-order valence-corrected chi connectivity index (χ1v) is 9.06. The number of hydrogen-bond donors (Lipinski definition) is 0. The van der Waals surface area contributed by atoms with Gasteiger partial charge in [0.05, 0.1) is 13.7 Å². The van der Waals surface area contributed by atoms with Crippen molar-refractivity contribution in [2.45, 2.75) is 45.2 Å². The molecule has 0 bridgehead atoms. The highest BCUT2D eigenvalue weighted by atomic mass is 35.5. The molecule has 1 aromatic carbocycles. The summed E-state index contributed by atoms with van der Waals surface area (Å²) >= 11 is 0. The van der Waals surface area contributed by atoms with Crippen molar-refractivity contribution in [3.05, 3.63) is 23.8 Å². The number of halogens is 1. The van der Waals surface area contributed by atoms with Crippen molar-refractivity contribution >= 4 is 12.4 Å². The van der Waals surface area contributed by atoms with E-state index in [1.807, 2.05) is 13.0 Å². The molecular weight excluding hydrogens is 324 g/mol. The number of nitrogens with zero attached hydrogens (tertiary/aromatic N) is 2. The molecule has 1 saturated heterocycles. The summed E-state index contributed by atoms with van der Waals surface area (Å²) in [6, 6.07) is 7.17. The Morgan fingerprint density at radius 2 is 1.75 bits per heavy atom. The Kier molecular flexibility index (Phi) is 7.66. The van der Waals surface area contributed by atoms with Crippen molar-refractivity contribution < 1.29 is 9.47 Å². The second kappa shape index (κ2) is 9.50. The molecule has 0 spiro atoms. The molecule has 1 aliphatic heterocycles. The van der Waals surface area contributed by atoms with E-state index < -0.39 is 0 Å². The Morgan fingerprint density at radius 1 is 1.04 bits per heavy atom. The van der Waals surface area contributed by atoms with E-state index >= 15 is 0 Å². The molecule has 4 nitrogen and oxygen atoms in total. The zero-order chi connectivity index (χ0) is 16.1. The van der Waals surface area contributed by atoms with Gasteiger partial charge in [-0.15, -0.1) is 12.4 Å². The van der Waals surface area contributed by atoms with E-state index in [-0.39, 0.29) is 12.4 Å². The Labute approximate surface area is 152 Å². The third-order valence-electron chi connectivity index (χ3n) is 5.18. The average Bonchev–Trinajstić information content (AvgIpc) is 3.11. The monoisotopic (exact) mass is 354 g/mol. The molecule has 2 aliphatic rings. The summed E-state index contributed by atoms with van der Waals surface area (Å²) in [4.78, 5) is 5.27. The smallest absolute Gasteiger partial charge is 0.161 e. The second-order valence-corrected chi connectivity index (χ2v) is 6.67. The van der Waals surface area contributed by atoms with Crippen LogP contribution >= 0.6 is 12.4 Å². The summed E-state index contributed by atoms with van der Waals surface area (Å²) in [5.74, 6) is 1.68. The molecule has 2 fully saturated rings. The van der Waals surface area contributed by atoms with Gasteiger partial charge in [0.25, 0.3) is 0 Å². The lowest BCUT2D eigenvalue weighted by Gasteiger charge is -2.38. The van der Waals surface area contributed by atoms with Gasteiger partial charge < -0.3 is 9.47 Å². The van der Waals surface area contributed by atoms with E-state index in [0.717, 1.165) is 24.1 Å². The van der Waals surface area contributed by atoms with Crippen LogP contribution in [0.5, 0.6) is 11.5 Å². The molecule has 0 radical (unpaired) electrons. The van der Waals surface area contributed by atoms with Crippen molar-refractivity contribution in [3.8, 4) is 11.5 Å². The van der Waals surface area contributed by atoms with Crippen LogP contribution < -0.4 is 9.47 Å². The summed E-state index contributed by atoms with van der Waals surface area (Å²) < 4.78 is 11.1. The summed E-state index contributed by atoms with van der Waals surface area (Å²) in [7, 11) is 1.69. The molecule has 1 aromatic rings. The maximum Gasteiger partial charge on any atom is 0.161 e. The minimum absolute atomic E-state index is 0. The third-order valence-corrected chi connectivity index (χ3v) is 5.18. The lowest BCUT2D eigenvalue weighted by atomic mass is 10.1.